The third kappa shape index (κ3) is 6.70. The first-order chi connectivity index (χ1) is 19.8. The first kappa shape index (κ1) is 34.4. The van der Waals surface area contributed by atoms with Gasteiger partial charge in [0.1, 0.15) is 30.5 Å². The van der Waals surface area contributed by atoms with E-state index in [0.717, 1.165) is 0 Å². The monoisotopic (exact) mass is 606 g/mol. The van der Waals surface area contributed by atoms with Gasteiger partial charge in [-0.1, -0.05) is 48.0 Å². The van der Waals surface area contributed by atoms with Gasteiger partial charge in [-0.05, 0) is 37.0 Å². The fourth-order valence-electron chi connectivity index (χ4n) is 7.33. The molecule has 2 saturated heterocycles. The number of aliphatic hydroxyl groups is 7. The van der Waals surface area contributed by atoms with E-state index in [-0.39, 0.29) is 17.8 Å². The van der Waals surface area contributed by atoms with Crippen molar-refractivity contribution in [1.82, 2.24) is 0 Å². The predicted octanol–water partition coefficient (Wildman–Crippen LogP) is -0.0939. The molecule has 8 unspecified atom stereocenters. The molecular formula is C30H54O12. The highest BCUT2D eigenvalue weighted by Crippen LogP contribution is 2.40. The number of aliphatic hydroxyl groups excluding tert-OH is 7. The molecule has 0 spiro atoms. The highest BCUT2D eigenvalue weighted by Gasteiger charge is 2.53. The standard InChI is InChI=1S/C30H54O12/c1-7-16-10-18(14(5)21(33)23(16)35)38-27-19(11-31)40-30(25(27)37)42-28-20(32)12(3)9-13(4)26(28)41-29-15(6)22(34)24(36)17(8-2)39-29/h12-37H,7-11H2,1-6H3/t12-,13+,14+,15?,16-,17-,18+,19?,20?,21?,22-,23-,24?,25-,26?,27-,28-,29?,30?/m1/s1. The molecule has 19 atom stereocenters. The second kappa shape index (κ2) is 14.3. The number of ether oxygens (including phenoxy) is 5. The first-order valence-electron chi connectivity index (χ1n) is 15.8. The van der Waals surface area contributed by atoms with Gasteiger partial charge >= 0.3 is 0 Å². The summed E-state index contributed by atoms with van der Waals surface area (Å²) in [7, 11) is 0. The summed E-state index contributed by atoms with van der Waals surface area (Å²) in [6, 6.07) is 0. The lowest BCUT2D eigenvalue weighted by Crippen LogP contribution is -2.59. The van der Waals surface area contributed by atoms with Crippen molar-refractivity contribution in [3.63, 3.8) is 0 Å². The zero-order chi connectivity index (χ0) is 31.0. The van der Waals surface area contributed by atoms with Gasteiger partial charge in [0.2, 0.25) is 0 Å². The summed E-state index contributed by atoms with van der Waals surface area (Å²) in [6.07, 6.45) is -10.7. The Morgan fingerprint density at radius 2 is 1.19 bits per heavy atom. The fraction of sp³-hybridized carbons (Fsp3) is 1.00. The quantitative estimate of drug-likeness (QED) is 0.185. The summed E-state index contributed by atoms with van der Waals surface area (Å²) in [5.74, 6) is -1.36. The fourth-order valence-corrected chi connectivity index (χ4v) is 7.33. The van der Waals surface area contributed by atoms with Crippen molar-refractivity contribution >= 4 is 0 Å². The van der Waals surface area contributed by atoms with Gasteiger partial charge in [-0.15, -0.1) is 0 Å². The molecule has 0 amide bonds. The summed E-state index contributed by atoms with van der Waals surface area (Å²) >= 11 is 0. The van der Waals surface area contributed by atoms with Crippen LogP contribution < -0.4 is 0 Å². The molecule has 2 aliphatic heterocycles. The molecule has 42 heavy (non-hydrogen) atoms. The third-order valence-electron chi connectivity index (χ3n) is 10.4. The van der Waals surface area contributed by atoms with Crippen LogP contribution in [0.3, 0.4) is 0 Å². The summed E-state index contributed by atoms with van der Waals surface area (Å²) in [5.41, 5.74) is 0. The maximum Gasteiger partial charge on any atom is 0.187 e. The van der Waals surface area contributed by atoms with Crippen LogP contribution in [0.5, 0.6) is 0 Å². The molecule has 2 saturated carbocycles. The summed E-state index contributed by atoms with van der Waals surface area (Å²) in [5, 5.41) is 74.7. The van der Waals surface area contributed by atoms with Crippen LogP contribution in [0.15, 0.2) is 0 Å². The number of rotatable bonds is 9. The van der Waals surface area contributed by atoms with Gasteiger partial charge < -0.3 is 59.4 Å². The van der Waals surface area contributed by atoms with Crippen LogP contribution in [-0.2, 0) is 23.7 Å². The summed E-state index contributed by atoms with van der Waals surface area (Å²) in [4.78, 5) is 0. The lowest BCUT2D eigenvalue weighted by Gasteiger charge is -2.47. The van der Waals surface area contributed by atoms with E-state index in [4.69, 9.17) is 23.7 Å². The molecule has 0 aromatic heterocycles. The van der Waals surface area contributed by atoms with Crippen molar-refractivity contribution < 1.29 is 59.4 Å². The van der Waals surface area contributed by atoms with E-state index < -0.39 is 104 Å². The maximum atomic E-state index is 11.3. The second-order valence-electron chi connectivity index (χ2n) is 13.3. The van der Waals surface area contributed by atoms with Gasteiger partial charge in [0.25, 0.3) is 0 Å². The van der Waals surface area contributed by atoms with E-state index in [2.05, 4.69) is 0 Å². The normalized spacial score (nSPS) is 53.8. The summed E-state index contributed by atoms with van der Waals surface area (Å²) < 4.78 is 30.9. The van der Waals surface area contributed by atoms with Crippen LogP contribution in [0, 0.1) is 29.6 Å². The second-order valence-corrected chi connectivity index (χ2v) is 13.3. The highest BCUT2D eigenvalue weighted by atomic mass is 16.7. The lowest BCUT2D eigenvalue weighted by atomic mass is 9.75. The van der Waals surface area contributed by atoms with Gasteiger partial charge in [-0.2, -0.15) is 0 Å². The molecule has 12 heteroatoms. The number of hydrogen-bond acceptors (Lipinski definition) is 12. The smallest absolute Gasteiger partial charge is 0.187 e. The van der Waals surface area contributed by atoms with Crippen molar-refractivity contribution in [3.05, 3.63) is 0 Å². The predicted molar refractivity (Wildman–Crippen MR) is 149 cm³/mol. The Morgan fingerprint density at radius 1 is 0.571 bits per heavy atom. The van der Waals surface area contributed by atoms with E-state index >= 15 is 0 Å². The third-order valence-corrected chi connectivity index (χ3v) is 10.4. The van der Waals surface area contributed by atoms with Crippen molar-refractivity contribution in [2.45, 2.75) is 153 Å². The summed E-state index contributed by atoms with van der Waals surface area (Å²) in [6.45, 7) is 10.7. The molecule has 246 valence electrons. The molecule has 0 aromatic rings. The Balaban J connectivity index is 1.50. The van der Waals surface area contributed by atoms with Crippen LogP contribution in [0.1, 0.15) is 67.2 Å². The largest absolute Gasteiger partial charge is 0.394 e. The van der Waals surface area contributed by atoms with E-state index in [9.17, 15) is 35.7 Å². The Morgan fingerprint density at radius 3 is 1.81 bits per heavy atom. The molecule has 2 aliphatic carbocycles. The Bertz CT molecular complexity index is 845. The van der Waals surface area contributed by atoms with E-state index in [1.54, 1.807) is 13.8 Å². The van der Waals surface area contributed by atoms with E-state index in [1.807, 2.05) is 27.7 Å². The van der Waals surface area contributed by atoms with Crippen molar-refractivity contribution in [1.29, 1.82) is 0 Å². The zero-order valence-corrected chi connectivity index (χ0v) is 25.7. The molecule has 7 N–H and O–H groups in total. The van der Waals surface area contributed by atoms with Crippen LogP contribution >= 0.6 is 0 Å². The molecule has 2 heterocycles. The maximum absolute atomic E-state index is 11.3. The molecule has 4 aliphatic rings. The van der Waals surface area contributed by atoms with Crippen molar-refractivity contribution in [2.75, 3.05) is 6.61 Å². The number of hydrogen-bond donors (Lipinski definition) is 7. The van der Waals surface area contributed by atoms with Crippen molar-refractivity contribution in [2.24, 2.45) is 29.6 Å². The van der Waals surface area contributed by atoms with Gasteiger partial charge in [0.15, 0.2) is 12.6 Å². The minimum absolute atomic E-state index is 0.0884. The van der Waals surface area contributed by atoms with Crippen LogP contribution in [0.4, 0.5) is 0 Å². The molecule has 4 rings (SSSR count). The minimum atomic E-state index is -1.31. The lowest BCUT2D eigenvalue weighted by molar-refractivity contribution is -0.325. The first-order valence-corrected chi connectivity index (χ1v) is 15.8. The topological polar surface area (TPSA) is 188 Å². The van der Waals surface area contributed by atoms with Gasteiger partial charge in [-0.3, -0.25) is 0 Å². The van der Waals surface area contributed by atoms with Crippen molar-refractivity contribution in [3.8, 4) is 0 Å². The van der Waals surface area contributed by atoms with Crippen LogP contribution in [-0.4, -0.2) is 128 Å². The highest BCUT2D eigenvalue weighted by molar-refractivity contribution is 4.98. The molecule has 4 fully saturated rings. The zero-order valence-electron chi connectivity index (χ0n) is 25.7. The van der Waals surface area contributed by atoms with Gasteiger partial charge in [-0.25, -0.2) is 0 Å². The minimum Gasteiger partial charge on any atom is -0.394 e. The van der Waals surface area contributed by atoms with Crippen LogP contribution in [0.2, 0.25) is 0 Å². The molecule has 0 radical (unpaired) electrons. The molecule has 0 bridgehead atoms. The Labute approximate surface area is 248 Å². The van der Waals surface area contributed by atoms with Gasteiger partial charge in [0, 0.05) is 11.8 Å². The molecular weight excluding hydrogens is 552 g/mol. The van der Waals surface area contributed by atoms with E-state index in [0.29, 0.717) is 25.7 Å². The molecule has 0 aromatic carbocycles. The average Bonchev–Trinajstić information content (AvgIpc) is 3.27. The van der Waals surface area contributed by atoms with E-state index in [1.165, 1.54) is 0 Å². The average molecular weight is 607 g/mol. The van der Waals surface area contributed by atoms with Crippen LogP contribution in [0.25, 0.3) is 0 Å². The Hall–Kier alpha value is -0.480. The molecule has 12 nitrogen and oxygen atoms in total. The Kier molecular flexibility index (Phi) is 11.7. The SMILES string of the molecule is CC[C@@H]1C[C@H](O[C@@H]2C(CO)OC(O[C@@H]3C(O)[C@H](C)C[C@H](C)C3OC3O[C@H](CC)C(O)[C@H](O)C3C)[C@@H]2O)[C@H](C)C(O)[C@@H]1O. The van der Waals surface area contributed by atoms with Gasteiger partial charge in [0.05, 0.1) is 49.3 Å².